The minimum atomic E-state index is 0.874. The molecule has 0 saturated carbocycles. The second-order valence-corrected chi connectivity index (χ2v) is 9.46. The Morgan fingerprint density at radius 3 is 1.44 bits per heavy atom. The predicted molar refractivity (Wildman–Crippen MR) is 128 cm³/mol. The molecule has 0 saturated heterocycles. The van der Waals surface area contributed by atoms with Crippen LogP contribution in [0.1, 0.15) is 140 Å². The monoisotopic (exact) mass is 382 g/mol. The van der Waals surface area contributed by atoms with Crippen molar-refractivity contribution in [1.82, 2.24) is 0 Å². The lowest BCUT2D eigenvalue weighted by Gasteiger charge is -2.33. The summed E-state index contributed by atoms with van der Waals surface area (Å²) in [7, 11) is 0. The van der Waals surface area contributed by atoms with Gasteiger partial charge in [-0.15, -0.1) is 0 Å². The van der Waals surface area contributed by atoms with Gasteiger partial charge in [0.25, 0.3) is 0 Å². The summed E-state index contributed by atoms with van der Waals surface area (Å²) in [5.74, 6) is 5.42. The third kappa shape index (κ3) is 14.6. The number of unbranched alkanes of at least 4 members (excludes halogenated alkanes) is 3. The zero-order valence-electron chi connectivity index (χ0n) is 21.2. The Morgan fingerprint density at radius 2 is 0.963 bits per heavy atom. The normalized spacial score (nSPS) is 18.0. The van der Waals surface area contributed by atoms with E-state index in [0.29, 0.717) is 0 Å². The fourth-order valence-electron chi connectivity index (χ4n) is 4.26. The summed E-state index contributed by atoms with van der Waals surface area (Å²) < 4.78 is 0. The van der Waals surface area contributed by atoms with E-state index in [-0.39, 0.29) is 0 Å². The van der Waals surface area contributed by atoms with Gasteiger partial charge in [-0.25, -0.2) is 0 Å². The molecule has 0 aliphatic carbocycles. The van der Waals surface area contributed by atoms with E-state index >= 15 is 0 Å². The van der Waals surface area contributed by atoms with Crippen molar-refractivity contribution < 1.29 is 0 Å². The molecule has 0 N–H and O–H groups in total. The molecular formula is C27H58. The minimum Gasteiger partial charge on any atom is -0.0683 e. The first-order valence-electron chi connectivity index (χ1n) is 12.9. The van der Waals surface area contributed by atoms with Gasteiger partial charge in [0.05, 0.1) is 0 Å². The molecule has 0 radical (unpaired) electrons. The first-order chi connectivity index (χ1) is 12.9. The highest BCUT2D eigenvalue weighted by Crippen LogP contribution is 2.34. The van der Waals surface area contributed by atoms with Crippen LogP contribution in [0.2, 0.25) is 0 Å². The molecular weight excluding hydrogens is 324 g/mol. The van der Waals surface area contributed by atoms with Crippen LogP contribution in [-0.4, -0.2) is 0 Å². The van der Waals surface area contributed by atoms with Gasteiger partial charge in [-0.05, 0) is 35.5 Å². The third-order valence-electron chi connectivity index (χ3n) is 7.53. The van der Waals surface area contributed by atoms with Crippen LogP contribution >= 0.6 is 0 Å². The molecule has 0 aromatic carbocycles. The zero-order chi connectivity index (χ0) is 21.2. The highest BCUT2D eigenvalue weighted by molar-refractivity contribution is 4.75. The van der Waals surface area contributed by atoms with Gasteiger partial charge in [0.2, 0.25) is 0 Å². The first kappa shape index (κ1) is 29.2. The van der Waals surface area contributed by atoms with Crippen molar-refractivity contribution in [2.24, 2.45) is 35.5 Å². The lowest BCUT2D eigenvalue weighted by Crippen LogP contribution is -2.24. The van der Waals surface area contributed by atoms with E-state index in [4.69, 9.17) is 0 Å². The van der Waals surface area contributed by atoms with Crippen LogP contribution in [0.3, 0.4) is 0 Å². The Bertz CT molecular complexity index is 282. The van der Waals surface area contributed by atoms with Crippen LogP contribution in [0, 0.1) is 35.5 Å². The van der Waals surface area contributed by atoms with Crippen molar-refractivity contribution in [3.63, 3.8) is 0 Å². The summed E-state index contributed by atoms with van der Waals surface area (Å²) in [6, 6.07) is 0. The Hall–Kier alpha value is 0. The standard InChI is InChI=1S/C25H52.C2H6/c1-9-20(4)16-14-12-13-15-17-25(11-3)24(8)23(7)22(6)19-18-21(5)10-2;1-2/h20-25H,9-19H2,1-8H3;1-2H3. The van der Waals surface area contributed by atoms with Gasteiger partial charge in [0, 0.05) is 0 Å². The number of hydrogen-bond acceptors (Lipinski definition) is 0. The van der Waals surface area contributed by atoms with Gasteiger partial charge >= 0.3 is 0 Å². The Labute approximate surface area is 175 Å². The molecule has 0 spiro atoms. The molecule has 0 bridgehead atoms. The molecule has 0 aromatic rings. The fraction of sp³-hybridized carbons (Fsp3) is 1.00. The molecule has 0 aromatic heterocycles. The van der Waals surface area contributed by atoms with Crippen molar-refractivity contribution in [3.05, 3.63) is 0 Å². The molecule has 0 nitrogen and oxygen atoms in total. The van der Waals surface area contributed by atoms with Crippen molar-refractivity contribution in [3.8, 4) is 0 Å². The third-order valence-corrected chi connectivity index (χ3v) is 7.53. The summed E-state index contributed by atoms with van der Waals surface area (Å²) in [4.78, 5) is 0. The molecule has 6 atom stereocenters. The lowest BCUT2D eigenvalue weighted by atomic mass is 9.73. The van der Waals surface area contributed by atoms with Crippen LogP contribution in [0.15, 0.2) is 0 Å². The molecule has 0 fully saturated rings. The molecule has 0 heterocycles. The first-order valence-corrected chi connectivity index (χ1v) is 12.9. The van der Waals surface area contributed by atoms with Gasteiger partial charge in [0.1, 0.15) is 0 Å². The average Bonchev–Trinajstić information content (AvgIpc) is 2.71. The topological polar surface area (TPSA) is 0 Å². The zero-order valence-corrected chi connectivity index (χ0v) is 21.2. The maximum Gasteiger partial charge on any atom is -0.0386 e. The molecule has 27 heavy (non-hydrogen) atoms. The van der Waals surface area contributed by atoms with E-state index in [9.17, 15) is 0 Å². The largest absolute Gasteiger partial charge is 0.0683 e. The molecule has 0 aliphatic rings. The maximum atomic E-state index is 2.54. The smallest absolute Gasteiger partial charge is 0.0386 e. The van der Waals surface area contributed by atoms with Gasteiger partial charge in [-0.3, -0.25) is 0 Å². The Balaban J connectivity index is 0. The molecule has 0 aliphatic heterocycles. The number of rotatable bonds is 16. The van der Waals surface area contributed by atoms with Gasteiger partial charge in [0.15, 0.2) is 0 Å². The van der Waals surface area contributed by atoms with Crippen LogP contribution in [0.25, 0.3) is 0 Å². The quantitative estimate of drug-likeness (QED) is 0.233. The van der Waals surface area contributed by atoms with Crippen LogP contribution in [0.4, 0.5) is 0 Å². The van der Waals surface area contributed by atoms with E-state index in [1.807, 2.05) is 13.8 Å². The SMILES string of the molecule is CC.CCC(C)CCCCCCC(CC)C(C)C(C)C(C)CCC(C)CC. The van der Waals surface area contributed by atoms with Crippen molar-refractivity contribution in [1.29, 1.82) is 0 Å². The maximum absolute atomic E-state index is 2.54. The lowest BCUT2D eigenvalue weighted by molar-refractivity contribution is 0.174. The minimum absolute atomic E-state index is 0.874. The van der Waals surface area contributed by atoms with Crippen LogP contribution in [0.5, 0.6) is 0 Å². The van der Waals surface area contributed by atoms with E-state index in [1.165, 1.54) is 70.6 Å². The summed E-state index contributed by atoms with van der Waals surface area (Å²) in [6.07, 6.45) is 15.6. The van der Waals surface area contributed by atoms with E-state index in [1.54, 1.807) is 0 Å². The van der Waals surface area contributed by atoms with Crippen molar-refractivity contribution in [2.45, 2.75) is 140 Å². The van der Waals surface area contributed by atoms with Crippen molar-refractivity contribution >= 4 is 0 Å². The fourth-order valence-corrected chi connectivity index (χ4v) is 4.26. The van der Waals surface area contributed by atoms with E-state index in [2.05, 4.69) is 55.4 Å². The number of hydrogen-bond donors (Lipinski definition) is 0. The second-order valence-electron chi connectivity index (χ2n) is 9.46. The Morgan fingerprint density at radius 1 is 0.481 bits per heavy atom. The van der Waals surface area contributed by atoms with E-state index in [0.717, 1.165) is 35.5 Å². The highest BCUT2D eigenvalue weighted by atomic mass is 14.3. The average molecular weight is 383 g/mol. The van der Waals surface area contributed by atoms with Gasteiger partial charge < -0.3 is 0 Å². The molecule has 166 valence electrons. The van der Waals surface area contributed by atoms with Crippen LogP contribution in [-0.2, 0) is 0 Å². The molecule has 0 heteroatoms. The summed E-state index contributed by atoms with van der Waals surface area (Å²) in [6.45, 7) is 23.5. The molecule has 0 rings (SSSR count). The highest BCUT2D eigenvalue weighted by Gasteiger charge is 2.25. The van der Waals surface area contributed by atoms with E-state index < -0.39 is 0 Å². The van der Waals surface area contributed by atoms with Crippen molar-refractivity contribution in [2.75, 3.05) is 0 Å². The van der Waals surface area contributed by atoms with Gasteiger partial charge in [-0.1, -0.05) is 140 Å². The molecule has 0 amide bonds. The Kier molecular flexibility index (Phi) is 20.9. The predicted octanol–water partition coefficient (Wildman–Crippen LogP) is 10.2. The molecule has 6 unspecified atom stereocenters. The summed E-state index contributed by atoms with van der Waals surface area (Å²) in [5, 5.41) is 0. The summed E-state index contributed by atoms with van der Waals surface area (Å²) >= 11 is 0. The summed E-state index contributed by atoms with van der Waals surface area (Å²) in [5.41, 5.74) is 0. The van der Waals surface area contributed by atoms with Crippen LogP contribution < -0.4 is 0 Å². The van der Waals surface area contributed by atoms with Gasteiger partial charge in [-0.2, -0.15) is 0 Å². The second kappa shape index (κ2) is 19.3.